The van der Waals surface area contributed by atoms with Gasteiger partial charge in [-0.2, -0.15) is 0 Å². The van der Waals surface area contributed by atoms with Gasteiger partial charge in [-0.25, -0.2) is 9.78 Å². The van der Waals surface area contributed by atoms with Gasteiger partial charge in [-0.05, 0) is 35.5 Å². The number of imidazole rings is 1. The fourth-order valence-corrected chi connectivity index (χ4v) is 2.99. The van der Waals surface area contributed by atoms with Crippen LogP contribution in [0.3, 0.4) is 0 Å². The predicted octanol–water partition coefficient (Wildman–Crippen LogP) is 2.26. The second-order valence-electron chi connectivity index (χ2n) is 7.16. The monoisotopic (exact) mass is 381 g/mol. The zero-order valence-electron chi connectivity index (χ0n) is 15.9. The lowest BCUT2D eigenvalue weighted by Gasteiger charge is -2.18. The Bertz CT molecular complexity index is 928. The van der Waals surface area contributed by atoms with E-state index in [0.29, 0.717) is 34.7 Å². The molecule has 0 aliphatic heterocycles. The molecule has 8 heteroatoms. The van der Waals surface area contributed by atoms with E-state index in [1.165, 1.54) is 0 Å². The fourth-order valence-electron chi connectivity index (χ4n) is 2.99. The van der Waals surface area contributed by atoms with E-state index in [9.17, 15) is 14.8 Å². The van der Waals surface area contributed by atoms with Crippen LogP contribution in [0.2, 0.25) is 0 Å². The Morgan fingerprint density at radius 3 is 2.64 bits per heavy atom. The van der Waals surface area contributed by atoms with Gasteiger partial charge in [-0.1, -0.05) is 50.2 Å². The second kappa shape index (κ2) is 8.90. The van der Waals surface area contributed by atoms with Crippen molar-refractivity contribution in [3.05, 3.63) is 59.9 Å². The molecule has 1 unspecified atom stereocenters. The molecule has 4 N–H and O–H groups in total. The largest absolute Gasteiger partial charge is 0.488 e. The van der Waals surface area contributed by atoms with Gasteiger partial charge in [0, 0.05) is 0 Å². The number of hydrogen-bond acceptors (Lipinski definition) is 5. The van der Waals surface area contributed by atoms with Gasteiger partial charge in [0.25, 0.3) is 0 Å². The average Bonchev–Trinajstić information content (AvgIpc) is 3.09. The first-order valence-electron chi connectivity index (χ1n) is 9.25. The lowest BCUT2D eigenvalue weighted by atomic mass is 9.80. The van der Waals surface area contributed by atoms with Crippen LogP contribution in [0.25, 0.3) is 11.0 Å². The van der Waals surface area contributed by atoms with Crippen molar-refractivity contribution >= 4 is 29.7 Å². The van der Waals surface area contributed by atoms with E-state index in [4.69, 9.17) is 4.74 Å². The molecule has 0 fully saturated rings. The maximum atomic E-state index is 12.3. The Labute approximate surface area is 163 Å². The number of hydrogen-bond donors (Lipinski definition) is 4. The highest BCUT2D eigenvalue weighted by Gasteiger charge is 2.21. The van der Waals surface area contributed by atoms with Crippen LogP contribution in [0, 0.1) is 5.92 Å². The summed E-state index contributed by atoms with van der Waals surface area (Å²) >= 11 is 0. The molecule has 0 radical (unpaired) electrons. The van der Waals surface area contributed by atoms with Crippen molar-refractivity contribution < 1.29 is 19.6 Å². The summed E-state index contributed by atoms with van der Waals surface area (Å²) in [6.07, 6.45) is 0.164. The zero-order valence-corrected chi connectivity index (χ0v) is 15.9. The third-order valence-corrected chi connectivity index (χ3v) is 4.36. The molecule has 0 aliphatic carbocycles. The van der Waals surface area contributed by atoms with Gasteiger partial charge in [0.05, 0.1) is 17.1 Å². The highest BCUT2D eigenvalue weighted by atomic mass is 16.5. The Hall–Kier alpha value is -2.84. The zero-order chi connectivity index (χ0) is 20.1. The molecule has 1 amide bonds. The summed E-state index contributed by atoms with van der Waals surface area (Å²) in [6, 6.07) is 14.1. The van der Waals surface area contributed by atoms with E-state index in [1.807, 2.05) is 30.3 Å². The van der Waals surface area contributed by atoms with Crippen LogP contribution in [0.4, 0.5) is 4.79 Å². The number of nitrogens with zero attached hydrogens (tertiary/aromatic N) is 1. The Morgan fingerprint density at radius 1 is 1.21 bits per heavy atom. The minimum atomic E-state index is -1.55. The molecule has 1 heterocycles. The molecular weight excluding hydrogens is 357 g/mol. The van der Waals surface area contributed by atoms with E-state index >= 15 is 0 Å². The minimum absolute atomic E-state index is 0.193. The van der Waals surface area contributed by atoms with E-state index in [-0.39, 0.29) is 12.6 Å². The summed E-state index contributed by atoms with van der Waals surface area (Å²) in [5.74, 6) is 0.924. The Kier molecular flexibility index (Phi) is 6.33. The van der Waals surface area contributed by atoms with Crippen LogP contribution in [0.15, 0.2) is 48.5 Å². The van der Waals surface area contributed by atoms with Crippen molar-refractivity contribution in [2.24, 2.45) is 5.92 Å². The van der Waals surface area contributed by atoms with Gasteiger partial charge >= 0.3 is 13.2 Å². The number of aromatic amines is 1. The summed E-state index contributed by atoms with van der Waals surface area (Å²) in [5, 5.41) is 21.6. The number of rotatable bonds is 7. The number of alkyl carbamates (subject to hydrolysis) is 1. The van der Waals surface area contributed by atoms with Crippen molar-refractivity contribution in [1.82, 2.24) is 15.3 Å². The van der Waals surface area contributed by atoms with Crippen LogP contribution in [0.5, 0.6) is 0 Å². The number of benzene rings is 2. The lowest BCUT2D eigenvalue weighted by Crippen LogP contribution is -2.30. The first kappa shape index (κ1) is 19.9. The van der Waals surface area contributed by atoms with Gasteiger partial charge in [-0.15, -0.1) is 0 Å². The maximum Gasteiger partial charge on any atom is 0.488 e. The topological polar surface area (TPSA) is 107 Å². The number of fused-ring (bicyclic) bond motifs is 1. The molecule has 3 rings (SSSR count). The molecule has 0 spiro atoms. The number of carbonyl (C=O) groups excluding carboxylic acids is 1. The number of ether oxygens (including phenoxy) is 1. The second-order valence-corrected chi connectivity index (χ2v) is 7.16. The Morgan fingerprint density at radius 2 is 1.96 bits per heavy atom. The molecule has 0 saturated carbocycles. The summed E-state index contributed by atoms with van der Waals surface area (Å²) in [5.41, 5.74) is 2.65. The van der Waals surface area contributed by atoms with E-state index in [2.05, 4.69) is 29.1 Å². The normalized spacial score (nSPS) is 12.2. The molecule has 28 heavy (non-hydrogen) atoms. The number of carbonyl (C=O) groups is 1. The van der Waals surface area contributed by atoms with Gasteiger partial charge in [0.2, 0.25) is 0 Å². The molecule has 146 valence electrons. The van der Waals surface area contributed by atoms with Gasteiger partial charge < -0.3 is 25.1 Å². The molecule has 1 aromatic heterocycles. The van der Waals surface area contributed by atoms with E-state index < -0.39 is 13.2 Å². The van der Waals surface area contributed by atoms with Crippen molar-refractivity contribution in [2.75, 3.05) is 0 Å². The Balaban J connectivity index is 1.74. The number of H-pyrrole nitrogens is 1. The first-order valence-corrected chi connectivity index (χ1v) is 9.25. The fraction of sp³-hybridized carbons (Fsp3) is 0.300. The number of aromatic nitrogens is 2. The molecule has 0 saturated heterocycles. The first-order chi connectivity index (χ1) is 13.4. The van der Waals surface area contributed by atoms with Crippen LogP contribution >= 0.6 is 0 Å². The molecular formula is C20H24BN3O4. The third-order valence-electron chi connectivity index (χ3n) is 4.36. The smallest absolute Gasteiger partial charge is 0.445 e. The standard InChI is InChI=1S/C20H24BN3O4/c1-13(2)10-18(24-20(25)28-12-14-6-4-3-5-7-14)19-22-16-9-8-15(21(26)27)11-17(16)23-19/h3-9,11,13,18,26-27H,10,12H2,1-2H3,(H,22,23)(H,24,25). The maximum absolute atomic E-state index is 12.3. The molecule has 2 aromatic carbocycles. The van der Waals surface area contributed by atoms with E-state index in [1.54, 1.807) is 18.2 Å². The van der Waals surface area contributed by atoms with Crippen molar-refractivity contribution in [1.29, 1.82) is 0 Å². The van der Waals surface area contributed by atoms with E-state index in [0.717, 1.165) is 5.56 Å². The molecule has 7 nitrogen and oxygen atoms in total. The minimum Gasteiger partial charge on any atom is -0.445 e. The summed E-state index contributed by atoms with van der Waals surface area (Å²) in [4.78, 5) is 20.0. The summed E-state index contributed by atoms with van der Waals surface area (Å²) < 4.78 is 5.33. The van der Waals surface area contributed by atoms with Crippen LogP contribution in [-0.4, -0.2) is 33.2 Å². The SMILES string of the molecule is CC(C)CC(NC(=O)OCc1ccccc1)c1nc2ccc(B(O)O)cc2[nH]1. The van der Waals surface area contributed by atoms with Crippen LogP contribution in [0.1, 0.15) is 37.7 Å². The third kappa shape index (κ3) is 5.12. The average molecular weight is 381 g/mol. The molecule has 0 bridgehead atoms. The van der Waals surface area contributed by atoms with Crippen LogP contribution < -0.4 is 10.8 Å². The molecule has 0 aliphatic rings. The highest BCUT2D eigenvalue weighted by Crippen LogP contribution is 2.22. The highest BCUT2D eigenvalue weighted by molar-refractivity contribution is 6.58. The van der Waals surface area contributed by atoms with Crippen molar-refractivity contribution in [3.8, 4) is 0 Å². The van der Waals surface area contributed by atoms with Crippen molar-refractivity contribution in [3.63, 3.8) is 0 Å². The summed E-state index contributed by atoms with van der Waals surface area (Å²) in [6.45, 7) is 4.32. The predicted molar refractivity (Wildman–Crippen MR) is 108 cm³/mol. The molecule has 3 aromatic rings. The van der Waals surface area contributed by atoms with Gasteiger partial charge in [0.15, 0.2) is 0 Å². The lowest BCUT2D eigenvalue weighted by molar-refractivity contribution is 0.134. The van der Waals surface area contributed by atoms with Crippen LogP contribution in [-0.2, 0) is 11.3 Å². The van der Waals surface area contributed by atoms with Gasteiger partial charge in [0.1, 0.15) is 12.4 Å². The quantitative estimate of drug-likeness (QED) is 0.470. The summed E-state index contributed by atoms with van der Waals surface area (Å²) in [7, 11) is -1.55. The number of nitrogens with one attached hydrogen (secondary N) is 2. The van der Waals surface area contributed by atoms with Gasteiger partial charge in [-0.3, -0.25) is 0 Å². The van der Waals surface area contributed by atoms with Crippen molar-refractivity contribution in [2.45, 2.75) is 32.9 Å². The molecule has 1 atom stereocenters. The number of amides is 1.